The Morgan fingerprint density at radius 2 is 2.04 bits per heavy atom. The van der Waals surface area contributed by atoms with Crippen LogP contribution >= 0.6 is 11.3 Å². The van der Waals surface area contributed by atoms with Gasteiger partial charge in [0.05, 0.1) is 12.5 Å². The summed E-state index contributed by atoms with van der Waals surface area (Å²) in [5.41, 5.74) is 1.03. The van der Waals surface area contributed by atoms with E-state index in [4.69, 9.17) is 0 Å². The largest absolute Gasteiger partial charge is 0.332 e. The van der Waals surface area contributed by atoms with Gasteiger partial charge in [-0.15, -0.1) is 21.5 Å². The van der Waals surface area contributed by atoms with Crippen molar-refractivity contribution < 1.29 is 4.79 Å². The molecule has 0 N–H and O–H groups in total. The van der Waals surface area contributed by atoms with Crippen molar-refractivity contribution in [3.8, 4) is 5.69 Å². The van der Waals surface area contributed by atoms with Gasteiger partial charge in [0.25, 0.3) is 0 Å². The van der Waals surface area contributed by atoms with Gasteiger partial charge in [0.2, 0.25) is 5.91 Å². The highest BCUT2D eigenvalue weighted by Crippen LogP contribution is 2.31. The van der Waals surface area contributed by atoms with Crippen molar-refractivity contribution in [2.45, 2.75) is 31.7 Å². The number of aromatic nitrogens is 3. The van der Waals surface area contributed by atoms with Crippen LogP contribution < -0.4 is 0 Å². The van der Waals surface area contributed by atoms with Gasteiger partial charge in [0, 0.05) is 17.1 Å². The molecule has 25 heavy (non-hydrogen) atoms. The number of piperidine rings is 1. The molecule has 0 unspecified atom stereocenters. The first kappa shape index (κ1) is 16.0. The molecule has 1 aromatic carbocycles. The Hall–Kier alpha value is -2.47. The van der Waals surface area contributed by atoms with E-state index in [1.807, 2.05) is 57.3 Å². The van der Waals surface area contributed by atoms with Gasteiger partial charge in [-0.2, -0.15) is 0 Å². The number of likely N-dealkylation sites (tertiary alicyclic amines) is 1. The second-order valence-corrected chi connectivity index (χ2v) is 7.28. The zero-order valence-electron chi connectivity index (χ0n) is 13.9. The monoisotopic (exact) mass is 352 g/mol. The Morgan fingerprint density at radius 3 is 2.84 bits per heavy atom. The molecule has 1 fully saturated rings. The van der Waals surface area contributed by atoms with Crippen molar-refractivity contribution in [1.82, 2.24) is 19.7 Å². The van der Waals surface area contributed by atoms with Gasteiger partial charge < -0.3 is 4.90 Å². The Balaban J connectivity index is 1.62. The number of carbonyl (C=O) groups excluding carboxylic acids is 1. The maximum absolute atomic E-state index is 12.9. The van der Waals surface area contributed by atoms with Crippen molar-refractivity contribution in [2.24, 2.45) is 0 Å². The van der Waals surface area contributed by atoms with Gasteiger partial charge in [-0.1, -0.05) is 24.3 Å². The predicted molar refractivity (Wildman–Crippen MR) is 97.7 cm³/mol. The fourth-order valence-corrected chi connectivity index (χ4v) is 4.12. The molecule has 1 aliphatic rings. The molecule has 0 bridgehead atoms. The minimum atomic E-state index is -0.0103. The summed E-state index contributed by atoms with van der Waals surface area (Å²) >= 11 is 1.63. The molecule has 5 nitrogen and oxygen atoms in total. The van der Waals surface area contributed by atoms with Crippen molar-refractivity contribution in [2.75, 3.05) is 6.54 Å². The predicted octanol–water partition coefficient (Wildman–Crippen LogP) is 3.63. The van der Waals surface area contributed by atoms with E-state index in [0.29, 0.717) is 6.42 Å². The van der Waals surface area contributed by atoms with E-state index >= 15 is 0 Å². The second kappa shape index (κ2) is 7.19. The van der Waals surface area contributed by atoms with Crippen molar-refractivity contribution in [1.29, 1.82) is 0 Å². The minimum absolute atomic E-state index is 0.0103. The minimum Gasteiger partial charge on any atom is -0.332 e. The molecule has 1 aliphatic heterocycles. The molecule has 1 atom stereocenters. The Bertz CT molecular complexity index is 828. The molecule has 2 aromatic heterocycles. The van der Waals surface area contributed by atoms with E-state index in [1.165, 1.54) is 0 Å². The Kier molecular flexibility index (Phi) is 4.61. The zero-order chi connectivity index (χ0) is 17.1. The molecular formula is C19H20N4OS. The second-order valence-electron chi connectivity index (χ2n) is 6.25. The van der Waals surface area contributed by atoms with Crippen LogP contribution in [0.4, 0.5) is 0 Å². The van der Waals surface area contributed by atoms with Crippen molar-refractivity contribution in [3.63, 3.8) is 0 Å². The molecule has 0 spiro atoms. The number of thiophene rings is 1. The van der Waals surface area contributed by atoms with Gasteiger partial charge in [-0.05, 0) is 42.8 Å². The number of nitrogens with zero attached hydrogens (tertiary/aromatic N) is 4. The lowest BCUT2D eigenvalue weighted by Crippen LogP contribution is -2.40. The van der Waals surface area contributed by atoms with Crippen LogP contribution in [0.15, 0.2) is 54.2 Å². The molecule has 128 valence electrons. The van der Waals surface area contributed by atoms with Gasteiger partial charge in [-0.3, -0.25) is 9.36 Å². The normalized spacial score (nSPS) is 17.6. The van der Waals surface area contributed by atoms with Crippen LogP contribution in [0.5, 0.6) is 0 Å². The first-order chi connectivity index (χ1) is 12.3. The standard InChI is InChI=1S/C19H20N4OS/c24-18(13-16-9-6-12-25-16)22-11-5-4-10-17(22)19-21-20-14-23(19)15-7-2-1-3-8-15/h1-3,6-9,12,14,17H,4-5,10-11,13H2/t17-/m0/s1. The maximum atomic E-state index is 12.9. The van der Waals surface area contributed by atoms with Crippen LogP contribution in [0.2, 0.25) is 0 Å². The molecule has 6 heteroatoms. The highest BCUT2D eigenvalue weighted by molar-refractivity contribution is 7.10. The third kappa shape index (κ3) is 3.35. The van der Waals surface area contributed by atoms with Gasteiger partial charge in [-0.25, -0.2) is 0 Å². The quantitative estimate of drug-likeness (QED) is 0.720. The van der Waals surface area contributed by atoms with E-state index < -0.39 is 0 Å². The Labute approximate surface area is 150 Å². The molecule has 3 heterocycles. The Morgan fingerprint density at radius 1 is 1.16 bits per heavy atom. The molecule has 0 saturated carbocycles. The molecule has 1 saturated heterocycles. The highest BCUT2D eigenvalue weighted by Gasteiger charge is 2.31. The number of para-hydroxylation sites is 1. The van der Waals surface area contributed by atoms with Crippen LogP contribution in [0, 0.1) is 0 Å². The number of hydrogen-bond donors (Lipinski definition) is 0. The van der Waals surface area contributed by atoms with E-state index in [0.717, 1.165) is 42.2 Å². The lowest BCUT2D eigenvalue weighted by molar-refractivity contribution is -0.134. The molecule has 4 rings (SSSR count). The van der Waals surface area contributed by atoms with Gasteiger partial charge in [0.15, 0.2) is 5.82 Å². The first-order valence-corrected chi connectivity index (χ1v) is 9.48. The highest BCUT2D eigenvalue weighted by atomic mass is 32.1. The summed E-state index contributed by atoms with van der Waals surface area (Å²) in [5.74, 6) is 1.03. The third-order valence-corrected chi connectivity index (χ3v) is 5.51. The number of amides is 1. The van der Waals surface area contributed by atoms with Crippen LogP contribution in [0.1, 0.15) is 36.0 Å². The maximum Gasteiger partial charge on any atom is 0.228 e. The molecule has 0 radical (unpaired) electrons. The SMILES string of the molecule is O=C(Cc1cccs1)N1CCCC[C@H]1c1nncn1-c1ccccc1. The summed E-state index contributed by atoms with van der Waals surface area (Å²) in [5, 5.41) is 10.5. The van der Waals surface area contributed by atoms with Crippen molar-refractivity contribution >= 4 is 17.2 Å². The summed E-state index contributed by atoms with van der Waals surface area (Å²) in [6, 6.07) is 14.1. The van der Waals surface area contributed by atoms with E-state index in [9.17, 15) is 4.79 Å². The van der Waals surface area contributed by atoms with Crippen LogP contribution in [-0.2, 0) is 11.2 Å². The fraction of sp³-hybridized carbons (Fsp3) is 0.316. The lowest BCUT2D eigenvalue weighted by atomic mass is 10.0. The van der Waals surface area contributed by atoms with Crippen LogP contribution in [0.25, 0.3) is 5.69 Å². The number of rotatable bonds is 4. The summed E-state index contributed by atoms with van der Waals surface area (Å²) < 4.78 is 2.00. The third-order valence-electron chi connectivity index (χ3n) is 4.64. The smallest absolute Gasteiger partial charge is 0.228 e. The van der Waals surface area contributed by atoms with Crippen molar-refractivity contribution in [3.05, 3.63) is 64.9 Å². The fourth-order valence-electron chi connectivity index (χ4n) is 3.42. The summed E-state index contributed by atoms with van der Waals surface area (Å²) in [7, 11) is 0. The summed E-state index contributed by atoms with van der Waals surface area (Å²) in [4.78, 5) is 16.0. The summed E-state index contributed by atoms with van der Waals surface area (Å²) in [6.45, 7) is 0.788. The van der Waals surface area contributed by atoms with Crippen LogP contribution in [-0.4, -0.2) is 32.1 Å². The van der Waals surface area contributed by atoms with Gasteiger partial charge >= 0.3 is 0 Å². The van der Waals surface area contributed by atoms with Crippen LogP contribution in [0.3, 0.4) is 0 Å². The number of hydrogen-bond acceptors (Lipinski definition) is 4. The molecular weight excluding hydrogens is 332 g/mol. The average molecular weight is 352 g/mol. The topological polar surface area (TPSA) is 51.0 Å². The van der Waals surface area contributed by atoms with Gasteiger partial charge in [0.1, 0.15) is 6.33 Å². The lowest BCUT2D eigenvalue weighted by Gasteiger charge is -2.35. The van der Waals surface area contributed by atoms with E-state index in [1.54, 1.807) is 17.7 Å². The number of carbonyl (C=O) groups is 1. The number of benzene rings is 1. The average Bonchev–Trinajstić information content (AvgIpc) is 3.34. The zero-order valence-corrected chi connectivity index (χ0v) is 14.7. The molecule has 3 aromatic rings. The van der Waals surface area contributed by atoms with E-state index in [-0.39, 0.29) is 11.9 Å². The first-order valence-electron chi connectivity index (χ1n) is 8.60. The molecule has 0 aliphatic carbocycles. The van der Waals surface area contributed by atoms with E-state index in [2.05, 4.69) is 10.2 Å². The summed E-state index contributed by atoms with van der Waals surface area (Å²) in [6.07, 6.45) is 5.29. The molecule has 1 amide bonds.